The minimum atomic E-state index is -0.496. The quantitative estimate of drug-likeness (QED) is 0.369. The van der Waals surface area contributed by atoms with Crippen molar-refractivity contribution in [2.45, 2.75) is 0 Å². The number of halogens is 2. The van der Waals surface area contributed by atoms with Gasteiger partial charge in [0.1, 0.15) is 5.75 Å². The molecular weight excluding hydrogens is 435 g/mol. The fourth-order valence-corrected chi connectivity index (χ4v) is 3.90. The summed E-state index contributed by atoms with van der Waals surface area (Å²) in [6.07, 6.45) is 0. The lowest BCUT2D eigenvalue weighted by Gasteiger charge is -2.15. The summed E-state index contributed by atoms with van der Waals surface area (Å²) in [5.41, 5.74) is 2.79. The highest BCUT2D eigenvalue weighted by Crippen LogP contribution is 2.37. The maximum absolute atomic E-state index is 12.7. The van der Waals surface area contributed by atoms with Gasteiger partial charge in [-0.15, -0.1) is 5.75 Å². The number of benzene rings is 4. The van der Waals surface area contributed by atoms with Crippen molar-refractivity contribution in [3.8, 4) is 22.6 Å². The van der Waals surface area contributed by atoms with Gasteiger partial charge in [0.05, 0.1) is 22.8 Å². The van der Waals surface area contributed by atoms with Crippen LogP contribution < -0.4 is 20.5 Å². The van der Waals surface area contributed by atoms with Gasteiger partial charge in [-0.3, -0.25) is 0 Å². The third-order valence-electron chi connectivity index (χ3n) is 4.77. The minimum absolute atomic E-state index is 0.208. The molecule has 2 N–H and O–H groups in total. The Balaban J connectivity index is 1.59. The fourth-order valence-electron chi connectivity index (χ4n) is 3.31. The predicted molar refractivity (Wildman–Crippen MR) is 124 cm³/mol. The number of rotatable bonds is 4. The number of ether oxygens (including phenoxy) is 1. The first-order chi connectivity index (χ1) is 14.9. The molecule has 0 atom stereocenters. The van der Waals surface area contributed by atoms with E-state index < -0.39 is 6.03 Å². The van der Waals surface area contributed by atoms with E-state index in [0.29, 0.717) is 27.2 Å². The summed E-state index contributed by atoms with van der Waals surface area (Å²) < 4.78 is 5.28. The van der Waals surface area contributed by atoms with E-state index in [1.807, 2.05) is 42.5 Å². The average molecular weight is 452 g/mol. The maximum atomic E-state index is 12.7. The highest BCUT2D eigenvalue weighted by Gasteiger charge is 2.13. The van der Waals surface area contributed by atoms with Gasteiger partial charge >= 0.3 is 6.03 Å². The second-order valence-corrected chi connectivity index (χ2v) is 7.63. The lowest BCUT2D eigenvalue weighted by atomic mass is 10.0. The van der Waals surface area contributed by atoms with Crippen LogP contribution in [0.25, 0.3) is 21.9 Å². The number of anilines is 2. The first-order valence-electron chi connectivity index (χ1n) is 9.36. The summed E-state index contributed by atoms with van der Waals surface area (Å²) in [5.74, 6) is 0.538. The molecule has 0 unspecified atom stereocenters. The number of hydrogen-bond acceptors (Lipinski definition) is 3. The van der Waals surface area contributed by atoms with Crippen molar-refractivity contribution in [1.82, 2.24) is 0 Å². The number of amides is 2. The van der Waals surface area contributed by atoms with Crippen molar-refractivity contribution in [3.05, 3.63) is 82.8 Å². The third kappa shape index (κ3) is 4.53. The van der Waals surface area contributed by atoms with Crippen LogP contribution in [0.2, 0.25) is 10.0 Å². The molecule has 0 heterocycles. The molecule has 4 aromatic carbocycles. The number of fused-ring (bicyclic) bond motifs is 1. The molecule has 0 radical (unpaired) electrons. The summed E-state index contributed by atoms with van der Waals surface area (Å²) in [7, 11) is 1.61. The molecule has 4 rings (SSSR count). The van der Waals surface area contributed by atoms with E-state index in [9.17, 15) is 9.90 Å². The zero-order valence-electron chi connectivity index (χ0n) is 16.4. The molecule has 0 spiro atoms. The number of urea groups is 1. The summed E-state index contributed by atoms with van der Waals surface area (Å²) in [4.78, 5) is 12.7. The molecule has 31 heavy (non-hydrogen) atoms. The van der Waals surface area contributed by atoms with E-state index in [1.165, 1.54) is 18.2 Å². The van der Waals surface area contributed by atoms with Gasteiger partial charge in [0, 0.05) is 16.5 Å². The number of methoxy groups -OCH3 is 1. The normalized spacial score (nSPS) is 10.7. The smallest absolute Gasteiger partial charge is 0.323 e. The molecule has 0 saturated heterocycles. The van der Waals surface area contributed by atoms with Gasteiger partial charge in [0.2, 0.25) is 0 Å². The largest absolute Gasteiger partial charge is 0.872 e. The molecule has 0 aliphatic rings. The molecule has 156 valence electrons. The van der Waals surface area contributed by atoms with Gasteiger partial charge in [-0.05, 0) is 41.5 Å². The van der Waals surface area contributed by atoms with Crippen molar-refractivity contribution in [2.24, 2.45) is 0 Å². The molecule has 0 bridgehead atoms. The molecule has 0 aromatic heterocycles. The molecule has 2 amide bonds. The first-order valence-corrected chi connectivity index (χ1v) is 10.1. The van der Waals surface area contributed by atoms with E-state index in [1.54, 1.807) is 19.2 Å². The van der Waals surface area contributed by atoms with Crippen LogP contribution in [0.3, 0.4) is 0 Å². The van der Waals surface area contributed by atoms with Crippen LogP contribution in [0, 0.1) is 0 Å². The lowest BCUT2D eigenvalue weighted by molar-refractivity contribution is -0.268. The van der Waals surface area contributed by atoms with Gasteiger partial charge in [-0.25, -0.2) is 4.79 Å². The Bertz CT molecular complexity index is 1290. The summed E-state index contributed by atoms with van der Waals surface area (Å²) in [6.45, 7) is 0. The zero-order chi connectivity index (χ0) is 22.0. The maximum Gasteiger partial charge on any atom is 0.323 e. The van der Waals surface area contributed by atoms with E-state index in [4.69, 9.17) is 27.9 Å². The fraction of sp³-hybridized carbons (Fsp3) is 0.0417. The average Bonchev–Trinajstić information content (AvgIpc) is 2.76. The van der Waals surface area contributed by atoms with Gasteiger partial charge in [0.25, 0.3) is 0 Å². The number of hydrogen-bond donors (Lipinski definition) is 2. The number of carbonyl (C=O) groups is 1. The van der Waals surface area contributed by atoms with Gasteiger partial charge in [-0.1, -0.05) is 65.7 Å². The van der Waals surface area contributed by atoms with E-state index >= 15 is 0 Å². The van der Waals surface area contributed by atoms with Crippen LogP contribution in [0.1, 0.15) is 0 Å². The topological polar surface area (TPSA) is 73.4 Å². The lowest BCUT2D eigenvalue weighted by Crippen LogP contribution is -2.20. The number of carbonyl (C=O) groups excluding carboxylic acids is 1. The molecular formula is C24H17Cl2N2O3-. The van der Waals surface area contributed by atoms with Crippen molar-refractivity contribution in [2.75, 3.05) is 17.7 Å². The summed E-state index contributed by atoms with van der Waals surface area (Å²) in [5, 5.41) is 19.1. The Kier molecular flexibility index (Phi) is 5.89. The Morgan fingerprint density at radius 3 is 2.35 bits per heavy atom. The zero-order valence-corrected chi connectivity index (χ0v) is 17.9. The van der Waals surface area contributed by atoms with E-state index in [2.05, 4.69) is 10.6 Å². The van der Waals surface area contributed by atoms with Crippen LogP contribution in [0.4, 0.5) is 16.2 Å². The molecule has 0 fully saturated rings. The molecule has 0 saturated carbocycles. The second kappa shape index (κ2) is 8.76. The first kappa shape index (κ1) is 20.8. The third-order valence-corrected chi connectivity index (χ3v) is 5.38. The monoisotopic (exact) mass is 451 g/mol. The Hall–Kier alpha value is -3.41. The highest BCUT2D eigenvalue weighted by molar-refractivity contribution is 6.41. The Morgan fingerprint density at radius 2 is 1.58 bits per heavy atom. The van der Waals surface area contributed by atoms with Gasteiger partial charge < -0.3 is 20.5 Å². The van der Waals surface area contributed by atoms with Crippen molar-refractivity contribution >= 4 is 51.4 Å². The van der Waals surface area contributed by atoms with Crippen LogP contribution in [-0.2, 0) is 0 Å². The minimum Gasteiger partial charge on any atom is -0.872 e. The molecule has 4 aromatic rings. The van der Waals surface area contributed by atoms with Gasteiger partial charge in [-0.2, -0.15) is 0 Å². The van der Waals surface area contributed by atoms with Crippen LogP contribution in [-0.4, -0.2) is 13.1 Å². The Labute approximate surface area is 189 Å². The van der Waals surface area contributed by atoms with Crippen molar-refractivity contribution < 1.29 is 14.6 Å². The number of nitrogens with one attached hydrogen (secondary N) is 2. The summed E-state index contributed by atoms with van der Waals surface area (Å²) >= 11 is 12.5. The molecule has 7 heteroatoms. The SMILES string of the molecule is COc1cccc(-c2cccc(NC(=O)Nc3c(Cl)cc(Cl)c4ccc([O-])cc34)c2)c1. The van der Waals surface area contributed by atoms with Crippen LogP contribution in [0.5, 0.6) is 11.5 Å². The molecule has 0 aliphatic carbocycles. The Morgan fingerprint density at radius 1 is 0.839 bits per heavy atom. The predicted octanol–water partition coefficient (Wildman–Crippen LogP) is 6.54. The van der Waals surface area contributed by atoms with E-state index in [-0.39, 0.29) is 10.8 Å². The molecule has 5 nitrogen and oxygen atoms in total. The van der Waals surface area contributed by atoms with Gasteiger partial charge in [0.15, 0.2) is 0 Å². The van der Waals surface area contributed by atoms with E-state index in [0.717, 1.165) is 16.9 Å². The van der Waals surface area contributed by atoms with Crippen molar-refractivity contribution in [3.63, 3.8) is 0 Å². The molecule has 0 aliphatic heterocycles. The summed E-state index contributed by atoms with van der Waals surface area (Å²) in [6, 6.07) is 20.5. The van der Waals surface area contributed by atoms with Crippen LogP contribution >= 0.6 is 23.2 Å². The highest BCUT2D eigenvalue weighted by atomic mass is 35.5. The standard InChI is InChI=1S/C24H18Cl2N2O3/c1-31-18-7-3-5-15(11-18)14-4-2-6-16(10-14)27-24(30)28-23-20-12-17(29)8-9-19(20)21(25)13-22(23)26/h2-13,29H,1H3,(H2,27,28,30)/p-1. The van der Waals surface area contributed by atoms with Crippen molar-refractivity contribution in [1.29, 1.82) is 0 Å². The second-order valence-electron chi connectivity index (χ2n) is 6.81. The van der Waals surface area contributed by atoms with Crippen LogP contribution in [0.15, 0.2) is 72.8 Å².